The van der Waals surface area contributed by atoms with Gasteiger partial charge >= 0.3 is 0 Å². The van der Waals surface area contributed by atoms with Crippen LogP contribution >= 0.6 is 11.3 Å². The molecule has 11 nitrogen and oxygen atoms in total. The van der Waals surface area contributed by atoms with Crippen molar-refractivity contribution in [2.45, 2.75) is 32.9 Å². The molecule has 35 heavy (non-hydrogen) atoms. The Balaban J connectivity index is 1.25. The molecule has 2 N–H and O–H groups in total. The van der Waals surface area contributed by atoms with Gasteiger partial charge in [-0.15, -0.1) is 0 Å². The number of anilines is 1. The molecule has 1 aromatic carbocycles. The minimum absolute atomic E-state index is 0.0468. The van der Waals surface area contributed by atoms with Crippen LogP contribution < -0.4 is 30.6 Å². The topological polar surface area (TPSA) is 128 Å². The average molecular weight is 499 g/mol. The number of ether oxygens (including phenoxy) is 2. The van der Waals surface area contributed by atoms with Gasteiger partial charge in [0.1, 0.15) is 17.6 Å². The lowest BCUT2D eigenvalue weighted by atomic mass is 9.97. The Morgan fingerprint density at radius 3 is 2.94 bits per heavy atom. The maximum atomic E-state index is 13.0. The zero-order chi connectivity index (χ0) is 24.4. The van der Waals surface area contributed by atoms with Crippen LogP contribution in [0.25, 0.3) is 10.3 Å². The summed E-state index contributed by atoms with van der Waals surface area (Å²) in [6.07, 6.45) is 3.06. The molecule has 1 unspecified atom stereocenters. The highest BCUT2D eigenvalue weighted by Gasteiger charge is 2.27. The van der Waals surface area contributed by atoms with Gasteiger partial charge in [0.05, 0.1) is 5.92 Å². The third-order valence-electron chi connectivity index (χ3n) is 6.03. The molecule has 3 aromatic rings. The van der Waals surface area contributed by atoms with Crippen molar-refractivity contribution in [2.24, 2.45) is 5.92 Å². The van der Waals surface area contributed by atoms with Gasteiger partial charge < -0.3 is 25.0 Å². The van der Waals surface area contributed by atoms with Crippen molar-refractivity contribution >= 4 is 38.6 Å². The Morgan fingerprint density at radius 1 is 1.23 bits per heavy atom. The number of nitrogens with one attached hydrogen (secondary N) is 2. The van der Waals surface area contributed by atoms with Gasteiger partial charge in [-0.3, -0.25) is 19.0 Å². The molecular weight excluding hydrogens is 472 g/mol. The quantitative estimate of drug-likeness (QED) is 0.498. The first kappa shape index (κ1) is 23.1. The second-order valence-electron chi connectivity index (χ2n) is 8.47. The molecule has 0 radical (unpaired) electrons. The first-order valence-corrected chi connectivity index (χ1v) is 12.4. The van der Waals surface area contributed by atoms with Crippen molar-refractivity contribution < 1.29 is 19.1 Å². The standard InChI is InChI=1S/C23H26N6O5S/c1-2-24-21(31)15-4-3-7-28(10-15)23-27-20-19(35-23)22(32)29(12-26-20)11-18(30)25-9-14-5-6-16-17(8-14)34-13-33-16/h5-6,8,12,15H,2-4,7,9-11,13H2,1H3,(H,24,31)(H,25,30). The second kappa shape index (κ2) is 9.90. The van der Waals surface area contributed by atoms with E-state index in [9.17, 15) is 14.4 Å². The summed E-state index contributed by atoms with van der Waals surface area (Å²) in [5.41, 5.74) is 0.907. The monoisotopic (exact) mass is 498 g/mol. The largest absolute Gasteiger partial charge is 0.454 e. The zero-order valence-corrected chi connectivity index (χ0v) is 20.1. The molecular formula is C23H26N6O5S. The maximum Gasteiger partial charge on any atom is 0.273 e. The van der Waals surface area contributed by atoms with Crippen LogP contribution in [0.2, 0.25) is 0 Å². The Morgan fingerprint density at radius 2 is 2.09 bits per heavy atom. The molecule has 0 spiro atoms. The first-order chi connectivity index (χ1) is 17.0. The van der Waals surface area contributed by atoms with E-state index >= 15 is 0 Å². The lowest BCUT2D eigenvalue weighted by Gasteiger charge is -2.31. The van der Waals surface area contributed by atoms with E-state index in [0.29, 0.717) is 46.6 Å². The van der Waals surface area contributed by atoms with Crippen molar-refractivity contribution in [1.82, 2.24) is 25.2 Å². The van der Waals surface area contributed by atoms with Crippen LogP contribution in [0, 0.1) is 5.92 Å². The minimum atomic E-state index is -0.311. The van der Waals surface area contributed by atoms with Crippen molar-refractivity contribution in [1.29, 1.82) is 0 Å². The Labute approximate surface area is 205 Å². The fourth-order valence-corrected chi connectivity index (χ4v) is 5.23. The van der Waals surface area contributed by atoms with E-state index in [1.54, 1.807) is 6.07 Å². The molecule has 1 atom stereocenters. The van der Waals surface area contributed by atoms with Crippen molar-refractivity contribution in [2.75, 3.05) is 31.3 Å². The maximum absolute atomic E-state index is 13.0. The van der Waals surface area contributed by atoms with Gasteiger partial charge in [0.2, 0.25) is 18.6 Å². The lowest BCUT2D eigenvalue weighted by molar-refractivity contribution is -0.125. The average Bonchev–Trinajstić information content (AvgIpc) is 3.52. The molecule has 0 aliphatic carbocycles. The van der Waals surface area contributed by atoms with Crippen LogP contribution in [0.1, 0.15) is 25.3 Å². The summed E-state index contributed by atoms with van der Waals surface area (Å²) >= 11 is 1.25. The van der Waals surface area contributed by atoms with E-state index in [-0.39, 0.29) is 36.6 Å². The van der Waals surface area contributed by atoms with Crippen LogP contribution in [0.5, 0.6) is 11.5 Å². The Bertz CT molecular complexity index is 1320. The predicted octanol–water partition coefficient (Wildman–Crippen LogP) is 1.25. The lowest BCUT2D eigenvalue weighted by Crippen LogP contribution is -2.43. The summed E-state index contributed by atoms with van der Waals surface area (Å²) < 4.78 is 12.3. The number of fused-ring (bicyclic) bond motifs is 2. The van der Waals surface area contributed by atoms with Crippen LogP contribution in [0.4, 0.5) is 5.13 Å². The Hall–Kier alpha value is -3.67. The minimum Gasteiger partial charge on any atom is -0.454 e. The molecule has 1 saturated heterocycles. The fourth-order valence-electron chi connectivity index (χ4n) is 4.23. The van der Waals surface area contributed by atoms with Gasteiger partial charge in [0.15, 0.2) is 22.3 Å². The van der Waals surface area contributed by atoms with E-state index in [1.165, 1.54) is 22.2 Å². The van der Waals surface area contributed by atoms with E-state index < -0.39 is 0 Å². The summed E-state index contributed by atoms with van der Waals surface area (Å²) in [4.78, 5) is 48.7. The summed E-state index contributed by atoms with van der Waals surface area (Å²) in [6, 6.07) is 5.47. The normalized spacial score (nSPS) is 16.9. The molecule has 5 rings (SSSR count). The molecule has 184 valence electrons. The van der Waals surface area contributed by atoms with Gasteiger partial charge in [-0.1, -0.05) is 17.4 Å². The molecule has 4 heterocycles. The highest BCUT2D eigenvalue weighted by Crippen LogP contribution is 2.32. The molecule has 1 fully saturated rings. The van der Waals surface area contributed by atoms with E-state index in [2.05, 4.69) is 20.6 Å². The summed E-state index contributed by atoms with van der Waals surface area (Å²) in [5.74, 6) is 0.963. The third-order valence-corrected chi connectivity index (χ3v) is 7.12. The number of carbonyl (C=O) groups excluding carboxylic acids is 2. The predicted molar refractivity (Wildman–Crippen MR) is 130 cm³/mol. The number of amides is 2. The number of carbonyl (C=O) groups is 2. The molecule has 0 saturated carbocycles. The molecule has 2 aliphatic heterocycles. The highest BCUT2D eigenvalue weighted by molar-refractivity contribution is 7.22. The molecule has 0 bridgehead atoms. The van der Waals surface area contributed by atoms with E-state index in [0.717, 1.165) is 24.9 Å². The molecule has 2 aromatic heterocycles. The van der Waals surface area contributed by atoms with Gasteiger partial charge in [-0.05, 0) is 37.5 Å². The number of aromatic nitrogens is 3. The number of hydrogen-bond acceptors (Lipinski definition) is 9. The Kier molecular flexibility index (Phi) is 6.53. The molecule has 12 heteroatoms. The number of rotatable bonds is 7. The molecule has 2 amide bonds. The van der Waals surface area contributed by atoms with Crippen molar-refractivity contribution in [3.05, 3.63) is 40.4 Å². The van der Waals surface area contributed by atoms with Gasteiger partial charge in [0.25, 0.3) is 5.56 Å². The third kappa shape index (κ3) is 4.92. The second-order valence-corrected chi connectivity index (χ2v) is 9.45. The summed E-state index contributed by atoms with van der Waals surface area (Å²) in [6.45, 7) is 4.17. The van der Waals surface area contributed by atoms with E-state index in [1.807, 2.05) is 24.0 Å². The number of benzene rings is 1. The van der Waals surface area contributed by atoms with Crippen molar-refractivity contribution in [3.63, 3.8) is 0 Å². The molecule has 2 aliphatic rings. The highest BCUT2D eigenvalue weighted by atomic mass is 32.1. The zero-order valence-electron chi connectivity index (χ0n) is 19.3. The van der Waals surface area contributed by atoms with Crippen LogP contribution in [0.3, 0.4) is 0 Å². The van der Waals surface area contributed by atoms with Gasteiger partial charge in [-0.25, -0.2) is 4.98 Å². The van der Waals surface area contributed by atoms with Crippen molar-refractivity contribution in [3.8, 4) is 11.5 Å². The van der Waals surface area contributed by atoms with Crippen LogP contribution in [0.15, 0.2) is 29.3 Å². The first-order valence-electron chi connectivity index (χ1n) is 11.6. The number of nitrogens with zero attached hydrogens (tertiary/aromatic N) is 4. The number of thiazole rings is 1. The number of hydrogen-bond donors (Lipinski definition) is 2. The van der Waals surface area contributed by atoms with E-state index in [4.69, 9.17) is 9.47 Å². The van der Waals surface area contributed by atoms with Crippen LogP contribution in [-0.4, -0.2) is 52.8 Å². The van der Waals surface area contributed by atoms with Gasteiger partial charge in [-0.2, -0.15) is 4.98 Å². The van der Waals surface area contributed by atoms with Gasteiger partial charge in [0, 0.05) is 26.2 Å². The summed E-state index contributed by atoms with van der Waals surface area (Å²) in [7, 11) is 0. The smallest absolute Gasteiger partial charge is 0.273 e. The van der Waals surface area contributed by atoms with Crippen LogP contribution in [-0.2, 0) is 22.7 Å². The number of piperidine rings is 1. The fraction of sp³-hybridized carbons (Fsp3) is 0.435. The SMILES string of the molecule is CCNC(=O)C1CCCN(c2nc3ncn(CC(=O)NCc4ccc5c(c4)OCO5)c(=O)c3s2)C1. The summed E-state index contributed by atoms with van der Waals surface area (Å²) in [5, 5.41) is 6.37.